The minimum Gasteiger partial charge on any atom is -0.456 e. The van der Waals surface area contributed by atoms with Gasteiger partial charge in [0, 0.05) is 50.2 Å². The van der Waals surface area contributed by atoms with Crippen molar-refractivity contribution in [1.82, 2.24) is 4.57 Å². The molecule has 3 nitrogen and oxygen atoms in total. The minimum absolute atomic E-state index is 0.356. The van der Waals surface area contributed by atoms with Gasteiger partial charge in [0.2, 0.25) is 0 Å². The van der Waals surface area contributed by atoms with Crippen molar-refractivity contribution in [2.45, 2.75) is 50.4 Å². The van der Waals surface area contributed by atoms with Gasteiger partial charge in [-0.3, -0.25) is 0 Å². The van der Waals surface area contributed by atoms with Gasteiger partial charge in [-0.2, -0.15) is 0 Å². The van der Waals surface area contributed by atoms with Crippen molar-refractivity contribution in [2.75, 3.05) is 4.90 Å². The minimum atomic E-state index is 0.356. The van der Waals surface area contributed by atoms with Gasteiger partial charge in [-0.15, -0.1) is 0 Å². The summed E-state index contributed by atoms with van der Waals surface area (Å²) in [6.07, 6.45) is 9.95. The Hall–Kier alpha value is -6.06. The largest absolute Gasteiger partial charge is 0.456 e. The Morgan fingerprint density at radius 1 is 0.482 bits per heavy atom. The standard InChI is InChI=1S/C53H44N2O/c1-5-13-48(55-49-14-6-2-10-44(49)45-11-3-7-15-50(45)55)43(9-1)38-19-23-40(24-20-38)54(42-27-28-47-46-12-4-8-16-51(46)56-52(47)31-42)41-25-21-39(22-26-41)53-32-35-17-18-36(33-53)30-37(29-35)34-53/h1-16,19-28,31,35-37H,17-18,29-30,32-34H2/t35-,36?,37?,53?/m1/s1. The van der Waals surface area contributed by atoms with Crippen molar-refractivity contribution < 1.29 is 4.42 Å². The number of benzene rings is 7. The predicted octanol–water partition coefficient (Wildman–Crippen LogP) is 14.7. The van der Waals surface area contributed by atoms with Crippen LogP contribution in [-0.2, 0) is 5.41 Å². The van der Waals surface area contributed by atoms with E-state index in [1.807, 2.05) is 6.07 Å². The number of nitrogens with zero attached hydrogens (tertiary/aromatic N) is 2. The van der Waals surface area contributed by atoms with Crippen molar-refractivity contribution in [2.24, 2.45) is 17.8 Å². The lowest BCUT2D eigenvalue weighted by Gasteiger charge is -2.49. The third kappa shape index (κ3) is 5.03. The lowest BCUT2D eigenvalue weighted by molar-refractivity contribution is 0.0984. The van der Waals surface area contributed by atoms with Crippen LogP contribution in [0, 0.1) is 17.8 Å². The highest BCUT2D eigenvalue weighted by Crippen LogP contribution is 2.59. The predicted molar refractivity (Wildman–Crippen MR) is 233 cm³/mol. The summed E-state index contributed by atoms with van der Waals surface area (Å²) in [6, 6.07) is 60.3. The van der Waals surface area contributed by atoms with Crippen molar-refractivity contribution in [1.29, 1.82) is 0 Å². The molecule has 4 saturated carbocycles. The van der Waals surface area contributed by atoms with E-state index in [2.05, 4.69) is 167 Å². The molecule has 2 heterocycles. The number of para-hydroxylation sites is 4. The first-order chi connectivity index (χ1) is 27.7. The molecule has 2 aromatic heterocycles. The number of aromatic nitrogens is 1. The average Bonchev–Trinajstić information content (AvgIpc) is 3.70. The molecule has 3 unspecified atom stereocenters. The van der Waals surface area contributed by atoms with E-state index < -0.39 is 0 Å². The molecule has 0 aliphatic heterocycles. The molecule has 9 aromatic rings. The van der Waals surface area contributed by atoms with Crippen molar-refractivity contribution in [3.05, 3.63) is 169 Å². The normalized spacial score (nSPS) is 21.7. The molecule has 3 heteroatoms. The van der Waals surface area contributed by atoms with Gasteiger partial charge < -0.3 is 13.9 Å². The fraction of sp³-hybridized carbons (Fsp3) is 0.208. The second kappa shape index (κ2) is 12.5. The summed E-state index contributed by atoms with van der Waals surface area (Å²) in [6.45, 7) is 0. The maximum absolute atomic E-state index is 6.44. The summed E-state index contributed by atoms with van der Waals surface area (Å²) < 4.78 is 8.87. The molecule has 0 spiro atoms. The first kappa shape index (κ1) is 32.2. The lowest BCUT2D eigenvalue weighted by Crippen LogP contribution is -2.40. The van der Waals surface area contributed by atoms with E-state index >= 15 is 0 Å². The Morgan fingerprint density at radius 3 is 1.75 bits per heavy atom. The fourth-order valence-electron chi connectivity index (χ4n) is 11.7. The number of anilines is 3. The Morgan fingerprint density at radius 2 is 1.04 bits per heavy atom. The van der Waals surface area contributed by atoms with Crippen LogP contribution in [0.5, 0.6) is 0 Å². The zero-order valence-corrected chi connectivity index (χ0v) is 31.6. The van der Waals surface area contributed by atoms with Crippen LogP contribution in [-0.4, -0.2) is 4.57 Å². The summed E-state index contributed by atoms with van der Waals surface area (Å²) in [5.41, 5.74) is 13.2. The number of hydrogen-bond acceptors (Lipinski definition) is 2. The zero-order chi connectivity index (χ0) is 36.8. The first-order valence-electron chi connectivity index (χ1n) is 20.7. The van der Waals surface area contributed by atoms with Crippen molar-refractivity contribution in [3.63, 3.8) is 0 Å². The monoisotopic (exact) mass is 724 g/mol. The van der Waals surface area contributed by atoms with E-state index in [0.29, 0.717) is 5.41 Å². The van der Waals surface area contributed by atoms with E-state index in [0.717, 1.165) is 51.1 Å². The molecular weight excluding hydrogens is 681 g/mol. The molecule has 0 radical (unpaired) electrons. The van der Waals surface area contributed by atoms with Crippen LogP contribution < -0.4 is 4.90 Å². The summed E-state index contributed by atoms with van der Waals surface area (Å²) in [5.74, 6) is 2.73. The first-order valence-corrected chi connectivity index (χ1v) is 20.7. The third-order valence-electron chi connectivity index (χ3n) is 13.9. The van der Waals surface area contributed by atoms with E-state index in [9.17, 15) is 0 Å². The van der Waals surface area contributed by atoms with Crippen LogP contribution in [0.4, 0.5) is 17.1 Å². The summed E-state index contributed by atoms with van der Waals surface area (Å²) in [4.78, 5) is 2.41. The summed E-state index contributed by atoms with van der Waals surface area (Å²) >= 11 is 0. The van der Waals surface area contributed by atoms with Crippen LogP contribution in [0.3, 0.4) is 0 Å². The molecule has 0 saturated heterocycles. The van der Waals surface area contributed by atoms with Crippen molar-refractivity contribution >= 4 is 60.8 Å². The molecule has 0 N–H and O–H groups in total. The summed E-state index contributed by atoms with van der Waals surface area (Å²) in [5, 5.41) is 4.85. The maximum Gasteiger partial charge on any atom is 0.137 e. The van der Waals surface area contributed by atoms with Crippen LogP contribution in [0.15, 0.2) is 168 Å². The average molecular weight is 725 g/mol. The SMILES string of the molecule is c1ccc(-n2c3ccccc3c3ccccc32)c(-c2ccc(N(c3ccc(C45CC6CC[C@H](CC(C6)C4)C5)cc3)c3ccc4c(c3)oc3ccccc34)cc2)c1. The van der Waals surface area contributed by atoms with Gasteiger partial charge >= 0.3 is 0 Å². The molecular formula is C53H44N2O. The Bertz CT molecular complexity index is 2860. The van der Waals surface area contributed by atoms with Crippen LogP contribution >= 0.6 is 0 Å². The maximum atomic E-state index is 6.44. The smallest absolute Gasteiger partial charge is 0.137 e. The van der Waals surface area contributed by atoms with Gasteiger partial charge in [0.25, 0.3) is 0 Å². The molecule has 4 fully saturated rings. The van der Waals surface area contributed by atoms with Gasteiger partial charge in [0.05, 0.1) is 16.7 Å². The van der Waals surface area contributed by atoms with Crippen LogP contribution in [0.25, 0.3) is 60.6 Å². The topological polar surface area (TPSA) is 21.3 Å². The fourth-order valence-corrected chi connectivity index (χ4v) is 11.7. The highest BCUT2D eigenvalue weighted by atomic mass is 16.3. The van der Waals surface area contributed by atoms with E-state index in [1.165, 1.54) is 89.3 Å². The quantitative estimate of drug-likeness (QED) is 0.170. The van der Waals surface area contributed by atoms with Gasteiger partial charge in [-0.1, -0.05) is 110 Å². The molecule has 7 aromatic carbocycles. The molecule has 56 heavy (non-hydrogen) atoms. The Labute approximate surface area is 327 Å². The molecule has 13 rings (SSSR count). The highest BCUT2D eigenvalue weighted by Gasteiger charge is 2.49. The molecule has 272 valence electrons. The highest BCUT2D eigenvalue weighted by molar-refractivity contribution is 6.10. The third-order valence-corrected chi connectivity index (χ3v) is 13.9. The molecule has 4 aliphatic rings. The van der Waals surface area contributed by atoms with Crippen LogP contribution in [0.2, 0.25) is 0 Å². The van der Waals surface area contributed by atoms with Gasteiger partial charge in [-0.25, -0.2) is 0 Å². The van der Waals surface area contributed by atoms with E-state index in [4.69, 9.17) is 4.42 Å². The molecule has 0 amide bonds. The number of fused-ring (bicyclic) bond motifs is 7. The Kier molecular flexibility index (Phi) is 7.18. The van der Waals surface area contributed by atoms with Gasteiger partial charge in [0.1, 0.15) is 11.2 Å². The van der Waals surface area contributed by atoms with Crippen molar-refractivity contribution in [3.8, 4) is 16.8 Å². The van der Waals surface area contributed by atoms with Crippen LogP contribution in [0.1, 0.15) is 50.5 Å². The Balaban J connectivity index is 0.965. The molecule has 4 bridgehead atoms. The second-order valence-electron chi connectivity index (χ2n) is 17.1. The number of hydrogen-bond donors (Lipinski definition) is 0. The van der Waals surface area contributed by atoms with Gasteiger partial charge in [0.15, 0.2) is 0 Å². The summed E-state index contributed by atoms with van der Waals surface area (Å²) in [7, 11) is 0. The van der Waals surface area contributed by atoms with E-state index in [1.54, 1.807) is 5.56 Å². The second-order valence-corrected chi connectivity index (χ2v) is 17.1. The lowest BCUT2D eigenvalue weighted by atomic mass is 9.56. The number of rotatable bonds is 6. The number of furan rings is 1. The zero-order valence-electron chi connectivity index (χ0n) is 31.6. The van der Waals surface area contributed by atoms with Gasteiger partial charge in [-0.05, 0) is 127 Å². The molecule has 4 atom stereocenters. The van der Waals surface area contributed by atoms with E-state index in [-0.39, 0.29) is 0 Å². The molecule has 4 aliphatic carbocycles.